The summed E-state index contributed by atoms with van der Waals surface area (Å²) in [5.41, 5.74) is 0. The molecule has 6 nitrogen and oxygen atoms in total. The van der Waals surface area contributed by atoms with E-state index in [1.807, 2.05) is 5.32 Å². The summed E-state index contributed by atoms with van der Waals surface area (Å²) in [6.07, 6.45) is -1.78. The minimum Gasteiger partial charge on any atom is -0.433 e. The van der Waals surface area contributed by atoms with Gasteiger partial charge in [0.15, 0.2) is 0 Å². The summed E-state index contributed by atoms with van der Waals surface area (Å²) in [5, 5.41) is 11.4. The smallest absolute Gasteiger partial charge is 0.414 e. The second-order valence-electron chi connectivity index (χ2n) is 3.40. The van der Waals surface area contributed by atoms with Crippen LogP contribution in [0, 0.1) is 0 Å². The fraction of sp³-hybridized carbons (Fsp3) is 0.750. The van der Waals surface area contributed by atoms with Crippen LogP contribution >= 0.6 is 0 Å². The number of carbonyl (C=O) groups excluding carboxylic acids is 2. The molecule has 0 saturated carbocycles. The normalized spacial score (nSPS) is 37.9. The Morgan fingerprint density at radius 3 is 2.79 bits per heavy atom. The van der Waals surface area contributed by atoms with Gasteiger partial charge in [-0.15, -0.1) is 0 Å². The van der Waals surface area contributed by atoms with E-state index in [0.717, 1.165) is 0 Å². The van der Waals surface area contributed by atoms with Crippen molar-refractivity contribution in [1.29, 1.82) is 0 Å². The minimum absolute atomic E-state index is 0.325. The molecule has 0 aromatic rings. The van der Waals surface area contributed by atoms with Crippen molar-refractivity contribution in [3.63, 3.8) is 0 Å². The van der Waals surface area contributed by atoms with Gasteiger partial charge in [0.05, 0.1) is 6.10 Å². The molecule has 0 aliphatic carbocycles. The molecule has 2 fully saturated rings. The minimum atomic E-state index is -0.905. The van der Waals surface area contributed by atoms with Crippen LogP contribution < -0.4 is 5.32 Å². The summed E-state index contributed by atoms with van der Waals surface area (Å²) in [5.74, 6) is -0.492. The summed E-state index contributed by atoms with van der Waals surface area (Å²) in [6, 6.07) is 0. The molecule has 3 unspecified atom stereocenters. The standard InChI is InChI=1S/C8H11NO5/c10-4-1-2-13-5(3-4)6-7(11)9-8(12)14-6/h4-6,10H,1-3H2,(H,9,11,12). The van der Waals surface area contributed by atoms with E-state index in [9.17, 15) is 14.7 Å². The molecule has 0 spiro atoms. The maximum absolute atomic E-state index is 11.2. The van der Waals surface area contributed by atoms with Crippen LogP contribution in [0.5, 0.6) is 0 Å². The van der Waals surface area contributed by atoms with E-state index in [1.165, 1.54) is 0 Å². The number of alkyl carbamates (subject to hydrolysis) is 1. The monoisotopic (exact) mass is 201 g/mol. The number of amides is 2. The second-order valence-corrected chi connectivity index (χ2v) is 3.40. The first-order chi connectivity index (χ1) is 6.66. The van der Waals surface area contributed by atoms with Gasteiger partial charge in [0.1, 0.15) is 6.10 Å². The molecule has 2 amide bonds. The molecule has 2 heterocycles. The van der Waals surface area contributed by atoms with Gasteiger partial charge in [0, 0.05) is 13.0 Å². The van der Waals surface area contributed by atoms with Gasteiger partial charge in [0.2, 0.25) is 6.10 Å². The third-order valence-electron chi connectivity index (χ3n) is 2.34. The first-order valence-corrected chi connectivity index (χ1v) is 4.48. The highest BCUT2D eigenvalue weighted by Gasteiger charge is 2.41. The number of imide groups is 1. The van der Waals surface area contributed by atoms with Crippen LogP contribution in [0.1, 0.15) is 12.8 Å². The molecular formula is C8H11NO5. The largest absolute Gasteiger partial charge is 0.433 e. The number of rotatable bonds is 1. The Kier molecular flexibility index (Phi) is 2.39. The second kappa shape index (κ2) is 3.55. The van der Waals surface area contributed by atoms with Gasteiger partial charge in [-0.3, -0.25) is 10.1 Å². The topological polar surface area (TPSA) is 84.9 Å². The van der Waals surface area contributed by atoms with Crippen LogP contribution in [0.15, 0.2) is 0 Å². The zero-order chi connectivity index (χ0) is 10.1. The highest BCUT2D eigenvalue weighted by molar-refractivity contribution is 6.00. The molecule has 2 aliphatic heterocycles. The Balaban J connectivity index is 2.00. The molecule has 0 aromatic heterocycles. The summed E-state index contributed by atoms with van der Waals surface area (Å²) in [7, 11) is 0. The van der Waals surface area contributed by atoms with E-state index >= 15 is 0 Å². The number of nitrogens with one attached hydrogen (secondary N) is 1. The molecule has 0 bridgehead atoms. The number of aliphatic hydroxyl groups excluding tert-OH is 1. The molecule has 14 heavy (non-hydrogen) atoms. The van der Waals surface area contributed by atoms with Crippen LogP contribution in [0.3, 0.4) is 0 Å². The summed E-state index contributed by atoms with van der Waals surface area (Å²) >= 11 is 0. The highest BCUT2D eigenvalue weighted by Crippen LogP contribution is 2.20. The Morgan fingerprint density at radius 2 is 2.21 bits per heavy atom. The summed E-state index contributed by atoms with van der Waals surface area (Å²) in [4.78, 5) is 21.9. The molecule has 2 saturated heterocycles. The lowest BCUT2D eigenvalue weighted by Gasteiger charge is -2.28. The molecule has 2 rings (SSSR count). The van der Waals surface area contributed by atoms with Crippen molar-refractivity contribution < 1.29 is 24.2 Å². The average Bonchev–Trinajstić information content (AvgIpc) is 2.45. The van der Waals surface area contributed by atoms with Crippen LogP contribution in [0.25, 0.3) is 0 Å². The molecule has 2 N–H and O–H groups in total. The molecule has 78 valence electrons. The zero-order valence-corrected chi connectivity index (χ0v) is 7.43. The quantitative estimate of drug-likeness (QED) is 0.578. The van der Waals surface area contributed by atoms with Gasteiger partial charge in [-0.1, -0.05) is 0 Å². The van der Waals surface area contributed by atoms with Crippen LogP contribution in [0.4, 0.5) is 4.79 Å². The number of hydrogen-bond acceptors (Lipinski definition) is 5. The Hall–Kier alpha value is -1.14. The lowest BCUT2D eigenvalue weighted by atomic mass is 10.0. The number of ether oxygens (including phenoxy) is 2. The van der Waals surface area contributed by atoms with E-state index in [2.05, 4.69) is 0 Å². The van der Waals surface area contributed by atoms with Gasteiger partial charge < -0.3 is 14.6 Å². The average molecular weight is 201 g/mol. The van der Waals surface area contributed by atoms with Crippen LogP contribution in [-0.2, 0) is 14.3 Å². The van der Waals surface area contributed by atoms with Gasteiger partial charge in [0.25, 0.3) is 5.91 Å². The van der Waals surface area contributed by atoms with E-state index < -0.39 is 30.3 Å². The first kappa shape index (κ1) is 9.42. The third kappa shape index (κ3) is 1.71. The Labute approximate surface area is 80.2 Å². The van der Waals surface area contributed by atoms with Crippen molar-refractivity contribution in [2.45, 2.75) is 31.2 Å². The van der Waals surface area contributed by atoms with E-state index in [-0.39, 0.29) is 0 Å². The van der Waals surface area contributed by atoms with Crippen molar-refractivity contribution in [3.05, 3.63) is 0 Å². The first-order valence-electron chi connectivity index (χ1n) is 4.48. The lowest BCUT2D eigenvalue weighted by Crippen LogP contribution is -2.42. The van der Waals surface area contributed by atoms with Crippen molar-refractivity contribution in [2.24, 2.45) is 0 Å². The maximum Gasteiger partial charge on any atom is 0.414 e. The maximum atomic E-state index is 11.2. The van der Waals surface area contributed by atoms with Gasteiger partial charge >= 0.3 is 6.09 Å². The van der Waals surface area contributed by atoms with E-state index in [0.29, 0.717) is 19.4 Å². The Bertz CT molecular complexity index is 266. The van der Waals surface area contributed by atoms with Crippen molar-refractivity contribution in [1.82, 2.24) is 5.32 Å². The fourth-order valence-corrected chi connectivity index (χ4v) is 1.64. The predicted octanol–water partition coefficient (Wildman–Crippen LogP) is -0.839. The fourth-order valence-electron chi connectivity index (χ4n) is 1.64. The number of carbonyl (C=O) groups is 2. The van der Waals surface area contributed by atoms with Crippen LogP contribution in [-0.4, -0.2) is 42.0 Å². The zero-order valence-electron chi connectivity index (χ0n) is 7.43. The molecule has 6 heteroatoms. The third-order valence-corrected chi connectivity index (χ3v) is 2.34. The SMILES string of the molecule is O=C1NC(=O)C(C2CC(O)CCO2)O1. The van der Waals surface area contributed by atoms with E-state index in [1.54, 1.807) is 0 Å². The van der Waals surface area contributed by atoms with Crippen molar-refractivity contribution in [3.8, 4) is 0 Å². The van der Waals surface area contributed by atoms with Gasteiger partial charge in [-0.05, 0) is 6.42 Å². The van der Waals surface area contributed by atoms with E-state index in [4.69, 9.17) is 9.47 Å². The highest BCUT2D eigenvalue weighted by atomic mass is 16.6. The Morgan fingerprint density at radius 1 is 1.43 bits per heavy atom. The van der Waals surface area contributed by atoms with Crippen molar-refractivity contribution in [2.75, 3.05) is 6.61 Å². The van der Waals surface area contributed by atoms with Crippen LogP contribution in [0.2, 0.25) is 0 Å². The molecule has 0 aromatic carbocycles. The number of hydrogen-bond donors (Lipinski definition) is 2. The molecule has 3 atom stereocenters. The molecular weight excluding hydrogens is 190 g/mol. The number of cyclic esters (lactones) is 1. The summed E-state index contributed by atoms with van der Waals surface area (Å²) < 4.78 is 9.98. The predicted molar refractivity (Wildman–Crippen MR) is 43.4 cm³/mol. The molecule has 0 radical (unpaired) electrons. The summed E-state index contributed by atoms with van der Waals surface area (Å²) in [6.45, 7) is 0.382. The van der Waals surface area contributed by atoms with Gasteiger partial charge in [-0.2, -0.15) is 0 Å². The van der Waals surface area contributed by atoms with Gasteiger partial charge in [-0.25, -0.2) is 4.79 Å². The lowest BCUT2D eigenvalue weighted by molar-refractivity contribution is -0.136. The molecule has 2 aliphatic rings. The number of aliphatic hydroxyl groups is 1. The van der Waals surface area contributed by atoms with Crippen molar-refractivity contribution >= 4 is 12.0 Å².